The third kappa shape index (κ3) is 4.62. The van der Waals surface area contributed by atoms with E-state index < -0.39 is 6.09 Å². The summed E-state index contributed by atoms with van der Waals surface area (Å²) in [6, 6.07) is 5.29. The number of carboxylic acid groups (broad SMARTS) is 1. The first-order chi connectivity index (χ1) is 11.1. The van der Waals surface area contributed by atoms with Crippen molar-refractivity contribution >= 4 is 12.4 Å². The Hall–Kier alpha value is -2.74. The van der Waals surface area contributed by atoms with Gasteiger partial charge in [-0.1, -0.05) is 5.16 Å². The molecule has 8 nitrogen and oxygen atoms in total. The Balaban J connectivity index is 2.03. The Labute approximate surface area is 133 Å². The zero-order valence-electron chi connectivity index (χ0n) is 12.7. The van der Waals surface area contributed by atoms with Gasteiger partial charge >= 0.3 is 6.09 Å². The van der Waals surface area contributed by atoms with E-state index in [2.05, 4.69) is 15.5 Å². The van der Waals surface area contributed by atoms with Gasteiger partial charge in [-0.25, -0.2) is 4.79 Å². The predicted molar refractivity (Wildman–Crippen MR) is 81.9 cm³/mol. The largest absolute Gasteiger partial charge is 0.465 e. The lowest BCUT2D eigenvalue weighted by molar-refractivity contribution is -0.108. The van der Waals surface area contributed by atoms with Gasteiger partial charge in [-0.2, -0.15) is 0 Å². The van der Waals surface area contributed by atoms with E-state index in [9.17, 15) is 9.59 Å². The minimum Gasteiger partial charge on any atom is -0.465 e. The number of nitrogens with zero attached hydrogens (tertiary/aromatic N) is 3. The average molecular weight is 318 g/mol. The lowest BCUT2D eigenvalue weighted by Gasteiger charge is -2.22. The molecular weight excluding hydrogens is 300 g/mol. The molecule has 2 aromatic rings. The van der Waals surface area contributed by atoms with E-state index in [-0.39, 0.29) is 19.1 Å². The van der Waals surface area contributed by atoms with Gasteiger partial charge in [0.2, 0.25) is 0 Å². The molecule has 1 atom stereocenters. The quantitative estimate of drug-likeness (QED) is 0.700. The van der Waals surface area contributed by atoms with Gasteiger partial charge in [-0.15, -0.1) is 0 Å². The number of rotatable bonds is 8. The monoisotopic (exact) mass is 318 g/mol. The number of nitrogens with one attached hydrogen (secondary N) is 1. The number of likely N-dealkylation sites (N-methyl/N-ethyl adjacent to an activating group) is 1. The Morgan fingerprint density at radius 2 is 2.39 bits per heavy atom. The van der Waals surface area contributed by atoms with Gasteiger partial charge in [0.15, 0.2) is 0 Å². The van der Waals surface area contributed by atoms with Crippen LogP contribution in [-0.2, 0) is 11.2 Å². The molecule has 23 heavy (non-hydrogen) atoms. The Morgan fingerprint density at radius 3 is 3.00 bits per heavy atom. The summed E-state index contributed by atoms with van der Waals surface area (Å²) in [7, 11) is 1.73. The molecule has 2 rings (SSSR count). The summed E-state index contributed by atoms with van der Waals surface area (Å²) in [5, 5.41) is 16.1. The molecule has 0 aromatic carbocycles. The van der Waals surface area contributed by atoms with E-state index in [1.54, 1.807) is 25.5 Å². The number of aromatic nitrogens is 2. The molecule has 0 fully saturated rings. The summed E-state index contributed by atoms with van der Waals surface area (Å²) in [5.41, 5.74) is 1.52. The number of amides is 1. The van der Waals surface area contributed by atoms with Gasteiger partial charge in [-0.05, 0) is 19.2 Å². The first-order valence-corrected chi connectivity index (χ1v) is 7.08. The van der Waals surface area contributed by atoms with Crippen molar-refractivity contribution < 1.29 is 19.2 Å². The van der Waals surface area contributed by atoms with Gasteiger partial charge in [-0.3, -0.25) is 9.88 Å². The van der Waals surface area contributed by atoms with Crippen LogP contribution < -0.4 is 5.32 Å². The summed E-state index contributed by atoms with van der Waals surface area (Å²) >= 11 is 0. The molecule has 8 heteroatoms. The zero-order chi connectivity index (χ0) is 16.7. The maximum Gasteiger partial charge on any atom is 0.407 e. The first-order valence-electron chi connectivity index (χ1n) is 7.08. The molecule has 0 aliphatic rings. The third-order valence-corrected chi connectivity index (χ3v) is 3.38. The highest BCUT2D eigenvalue weighted by Gasteiger charge is 2.19. The van der Waals surface area contributed by atoms with Gasteiger partial charge < -0.3 is 19.7 Å². The zero-order valence-corrected chi connectivity index (χ0v) is 12.7. The van der Waals surface area contributed by atoms with Crippen molar-refractivity contribution in [2.45, 2.75) is 12.5 Å². The van der Waals surface area contributed by atoms with Crippen LogP contribution in [0, 0.1) is 0 Å². The van der Waals surface area contributed by atoms with Crippen molar-refractivity contribution in [3.05, 3.63) is 36.4 Å². The molecule has 0 radical (unpaired) electrons. The number of aldehydes is 1. The van der Waals surface area contributed by atoms with Crippen molar-refractivity contribution in [2.24, 2.45) is 0 Å². The summed E-state index contributed by atoms with van der Waals surface area (Å²) < 4.78 is 5.30. The minimum absolute atomic E-state index is 0.162. The number of hydrogen-bond donors (Lipinski definition) is 2. The molecule has 0 saturated carbocycles. The van der Waals surface area contributed by atoms with E-state index in [4.69, 9.17) is 9.63 Å². The van der Waals surface area contributed by atoms with Crippen LogP contribution in [0.3, 0.4) is 0 Å². The standard InChI is InChI=1S/C15H18N4O4/c1-16-12(10-19(5-6-20)15(21)22)7-13-8-14(18-23-13)11-3-2-4-17-9-11/h2-4,6,8-9,12,16H,5,7,10H2,1H3,(H,21,22). The Morgan fingerprint density at radius 1 is 1.57 bits per heavy atom. The topological polar surface area (TPSA) is 109 Å². The molecule has 0 aliphatic heterocycles. The van der Waals surface area contributed by atoms with Crippen LogP contribution in [0.2, 0.25) is 0 Å². The number of pyridine rings is 1. The summed E-state index contributed by atoms with van der Waals surface area (Å²) in [6.45, 7) is 0.0123. The molecule has 2 heterocycles. The number of hydrogen-bond acceptors (Lipinski definition) is 6. The fraction of sp³-hybridized carbons (Fsp3) is 0.333. The third-order valence-electron chi connectivity index (χ3n) is 3.38. The van der Waals surface area contributed by atoms with Gasteiger partial charge in [0, 0.05) is 43.0 Å². The van der Waals surface area contributed by atoms with Gasteiger partial charge in [0.1, 0.15) is 17.7 Å². The van der Waals surface area contributed by atoms with E-state index in [0.29, 0.717) is 24.2 Å². The second kappa shape index (κ2) is 8.04. The van der Waals surface area contributed by atoms with Crippen LogP contribution in [0.1, 0.15) is 5.76 Å². The molecule has 0 bridgehead atoms. The molecule has 1 amide bonds. The van der Waals surface area contributed by atoms with Crippen LogP contribution >= 0.6 is 0 Å². The normalized spacial score (nSPS) is 11.9. The molecule has 1 unspecified atom stereocenters. The first kappa shape index (κ1) is 16.6. The second-order valence-corrected chi connectivity index (χ2v) is 4.96. The smallest absolute Gasteiger partial charge is 0.407 e. The van der Waals surface area contributed by atoms with Crippen LogP contribution in [-0.4, -0.2) is 58.7 Å². The fourth-order valence-corrected chi connectivity index (χ4v) is 2.15. The molecule has 2 N–H and O–H groups in total. The maximum atomic E-state index is 11.1. The summed E-state index contributed by atoms with van der Waals surface area (Å²) in [4.78, 5) is 26.7. The SMILES string of the molecule is CNC(Cc1cc(-c2cccnc2)no1)CN(CC=O)C(=O)O. The van der Waals surface area contributed by atoms with E-state index in [0.717, 1.165) is 10.5 Å². The molecular formula is C15H18N4O4. The summed E-state index contributed by atoms with van der Waals surface area (Å²) in [6.07, 6.45) is 3.25. The fourth-order valence-electron chi connectivity index (χ4n) is 2.15. The molecule has 122 valence electrons. The number of carbonyl (C=O) groups is 2. The van der Waals surface area contributed by atoms with Crippen molar-refractivity contribution in [3.63, 3.8) is 0 Å². The van der Waals surface area contributed by atoms with Crippen LogP contribution in [0.15, 0.2) is 35.1 Å². The highest BCUT2D eigenvalue weighted by Crippen LogP contribution is 2.18. The Kier molecular flexibility index (Phi) is 5.81. The van der Waals surface area contributed by atoms with Crippen molar-refractivity contribution in [2.75, 3.05) is 20.1 Å². The van der Waals surface area contributed by atoms with Crippen molar-refractivity contribution in [1.82, 2.24) is 20.4 Å². The lowest BCUT2D eigenvalue weighted by atomic mass is 10.1. The summed E-state index contributed by atoms with van der Waals surface area (Å²) in [5.74, 6) is 0.625. The van der Waals surface area contributed by atoms with Crippen molar-refractivity contribution in [1.29, 1.82) is 0 Å². The number of carbonyl (C=O) groups excluding carboxylic acids is 1. The average Bonchev–Trinajstić information content (AvgIpc) is 3.02. The van der Waals surface area contributed by atoms with Crippen LogP contribution in [0.5, 0.6) is 0 Å². The lowest BCUT2D eigenvalue weighted by Crippen LogP contribution is -2.43. The van der Waals surface area contributed by atoms with Crippen LogP contribution in [0.4, 0.5) is 4.79 Å². The van der Waals surface area contributed by atoms with E-state index in [1.165, 1.54) is 0 Å². The molecule has 2 aromatic heterocycles. The van der Waals surface area contributed by atoms with Gasteiger partial charge in [0.05, 0.1) is 6.54 Å². The van der Waals surface area contributed by atoms with E-state index >= 15 is 0 Å². The highest BCUT2D eigenvalue weighted by molar-refractivity contribution is 5.69. The van der Waals surface area contributed by atoms with E-state index in [1.807, 2.05) is 12.1 Å². The maximum absolute atomic E-state index is 11.1. The molecule has 0 aliphatic carbocycles. The Bertz CT molecular complexity index is 644. The van der Waals surface area contributed by atoms with Gasteiger partial charge in [0.25, 0.3) is 0 Å². The molecule has 0 spiro atoms. The second-order valence-electron chi connectivity index (χ2n) is 4.96. The highest BCUT2D eigenvalue weighted by atomic mass is 16.5. The minimum atomic E-state index is -1.13. The predicted octanol–water partition coefficient (Wildman–Crippen LogP) is 1.05. The molecule has 0 saturated heterocycles. The van der Waals surface area contributed by atoms with Crippen molar-refractivity contribution in [3.8, 4) is 11.3 Å². The van der Waals surface area contributed by atoms with Crippen LogP contribution in [0.25, 0.3) is 11.3 Å².